The summed E-state index contributed by atoms with van der Waals surface area (Å²) in [5.74, 6) is 0.838. The van der Waals surface area contributed by atoms with Gasteiger partial charge in [0.1, 0.15) is 5.75 Å². The summed E-state index contributed by atoms with van der Waals surface area (Å²) in [6, 6.07) is 24.6. The SMILES string of the molecule is COc1cc(-c2ccccc2)c(S)c(-c2ccccc2)c1. The van der Waals surface area contributed by atoms with Crippen LogP contribution in [0.4, 0.5) is 0 Å². The molecule has 3 aromatic carbocycles. The summed E-state index contributed by atoms with van der Waals surface area (Å²) >= 11 is 4.76. The second-order valence-corrected chi connectivity index (χ2v) is 5.25. The zero-order valence-electron chi connectivity index (χ0n) is 11.8. The molecule has 0 spiro atoms. The molecule has 0 saturated carbocycles. The first-order valence-corrected chi connectivity index (χ1v) is 7.26. The van der Waals surface area contributed by atoms with E-state index in [0.29, 0.717) is 0 Å². The lowest BCUT2D eigenvalue weighted by Gasteiger charge is -2.14. The topological polar surface area (TPSA) is 9.23 Å². The maximum atomic E-state index is 5.46. The van der Waals surface area contributed by atoms with E-state index >= 15 is 0 Å². The van der Waals surface area contributed by atoms with Crippen molar-refractivity contribution in [1.82, 2.24) is 0 Å². The van der Waals surface area contributed by atoms with Crippen LogP contribution < -0.4 is 4.74 Å². The van der Waals surface area contributed by atoms with Crippen LogP contribution in [-0.4, -0.2) is 7.11 Å². The Bertz CT molecular complexity index is 676. The zero-order chi connectivity index (χ0) is 14.7. The molecular formula is C19H16OS. The highest BCUT2D eigenvalue weighted by atomic mass is 32.1. The number of thiol groups is 1. The second-order valence-electron chi connectivity index (χ2n) is 4.80. The standard InChI is InChI=1S/C19H16OS/c1-20-16-12-17(14-8-4-2-5-9-14)19(21)18(13-16)15-10-6-3-7-11-15/h2-13,21H,1H3. The van der Waals surface area contributed by atoms with Gasteiger partial charge in [-0.2, -0.15) is 0 Å². The first-order chi connectivity index (χ1) is 10.3. The molecule has 0 aromatic heterocycles. The predicted octanol–water partition coefficient (Wildman–Crippen LogP) is 5.32. The van der Waals surface area contributed by atoms with Gasteiger partial charge in [0.25, 0.3) is 0 Å². The number of methoxy groups -OCH3 is 1. The molecule has 0 fully saturated rings. The van der Waals surface area contributed by atoms with Crippen molar-refractivity contribution in [2.45, 2.75) is 4.90 Å². The second kappa shape index (κ2) is 6.06. The van der Waals surface area contributed by atoms with Crippen LogP contribution in [0.2, 0.25) is 0 Å². The van der Waals surface area contributed by atoms with Crippen molar-refractivity contribution < 1.29 is 4.74 Å². The van der Waals surface area contributed by atoms with Crippen molar-refractivity contribution in [2.75, 3.05) is 7.11 Å². The fraction of sp³-hybridized carbons (Fsp3) is 0.0526. The van der Waals surface area contributed by atoms with Crippen LogP contribution in [0, 0.1) is 0 Å². The summed E-state index contributed by atoms with van der Waals surface area (Å²) in [7, 11) is 1.69. The molecule has 0 unspecified atom stereocenters. The molecule has 0 aliphatic heterocycles. The van der Waals surface area contributed by atoms with Gasteiger partial charge in [-0.25, -0.2) is 0 Å². The van der Waals surface area contributed by atoms with Gasteiger partial charge in [0.15, 0.2) is 0 Å². The molecule has 21 heavy (non-hydrogen) atoms. The van der Waals surface area contributed by atoms with Crippen molar-refractivity contribution in [3.05, 3.63) is 72.8 Å². The van der Waals surface area contributed by atoms with Crippen LogP contribution in [0.15, 0.2) is 77.7 Å². The molecule has 3 rings (SSSR count). The average Bonchev–Trinajstić information content (AvgIpc) is 2.57. The van der Waals surface area contributed by atoms with Gasteiger partial charge in [0.05, 0.1) is 7.11 Å². The van der Waals surface area contributed by atoms with E-state index in [9.17, 15) is 0 Å². The molecule has 0 radical (unpaired) electrons. The Kier molecular flexibility index (Phi) is 3.98. The third kappa shape index (κ3) is 2.81. The van der Waals surface area contributed by atoms with Crippen molar-refractivity contribution in [2.24, 2.45) is 0 Å². The Labute approximate surface area is 130 Å². The molecule has 0 aliphatic rings. The molecular weight excluding hydrogens is 276 g/mol. The fourth-order valence-electron chi connectivity index (χ4n) is 2.40. The zero-order valence-corrected chi connectivity index (χ0v) is 12.7. The largest absolute Gasteiger partial charge is 0.497 e. The normalized spacial score (nSPS) is 10.4. The van der Waals surface area contributed by atoms with E-state index in [-0.39, 0.29) is 0 Å². The number of rotatable bonds is 3. The Morgan fingerprint density at radius 2 is 1.14 bits per heavy atom. The predicted molar refractivity (Wildman–Crippen MR) is 91.1 cm³/mol. The molecule has 0 saturated heterocycles. The van der Waals surface area contributed by atoms with Crippen molar-refractivity contribution in [1.29, 1.82) is 0 Å². The summed E-state index contributed by atoms with van der Waals surface area (Å²) in [5, 5.41) is 0. The van der Waals surface area contributed by atoms with Crippen molar-refractivity contribution in [3.63, 3.8) is 0 Å². The Morgan fingerprint density at radius 1 is 0.714 bits per heavy atom. The number of ether oxygens (including phenoxy) is 1. The van der Waals surface area contributed by atoms with E-state index in [2.05, 4.69) is 24.3 Å². The third-order valence-corrected chi connectivity index (χ3v) is 3.97. The summed E-state index contributed by atoms with van der Waals surface area (Å²) in [4.78, 5) is 0.966. The molecule has 0 heterocycles. The molecule has 0 bridgehead atoms. The Balaban J connectivity index is 2.23. The van der Waals surface area contributed by atoms with Crippen molar-refractivity contribution in [3.8, 4) is 28.0 Å². The van der Waals surface area contributed by atoms with E-state index in [1.165, 1.54) is 0 Å². The molecule has 2 heteroatoms. The lowest BCUT2D eigenvalue weighted by Crippen LogP contribution is -1.90. The van der Waals surface area contributed by atoms with Gasteiger partial charge in [-0.05, 0) is 34.4 Å². The first kappa shape index (κ1) is 13.8. The van der Waals surface area contributed by atoms with E-state index in [0.717, 1.165) is 32.9 Å². The van der Waals surface area contributed by atoms with Crippen LogP contribution in [0.5, 0.6) is 5.75 Å². The number of benzene rings is 3. The number of hydrogen-bond donors (Lipinski definition) is 1. The van der Waals surface area contributed by atoms with Gasteiger partial charge in [-0.1, -0.05) is 60.7 Å². The molecule has 0 N–H and O–H groups in total. The fourth-order valence-corrected chi connectivity index (χ4v) is 2.79. The van der Waals surface area contributed by atoms with Gasteiger partial charge in [0, 0.05) is 4.90 Å². The highest BCUT2D eigenvalue weighted by molar-refractivity contribution is 7.80. The van der Waals surface area contributed by atoms with Crippen LogP contribution in [0.3, 0.4) is 0 Å². The summed E-state index contributed by atoms with van der Waals surface area (Å²) in [6.07, 6.45) is 0. The Morgan fingerprint density at radius 3 is 1.52 bits per heavy atom. The van der Waals surface area contributed by atoms with Crippen LogP contribution in [0.25, 0.3) is 22.3 Å². The Hall–Kier alpha value is -2.19. The minimum atomic E-state index is 0.838. The first-order valence-electron chi connectivity index (χ1n) is 6.81. The van der Waals surface area contributed by atoms with E-state index in [1.54, 1.807) is 7.11 Å². The highest BCUT2D eigenvalue weighted by Crippen LogP contribution is 2.38. The van der Waals surface area contributed by atoms with E-state index < -0.39 is 0 Å². The lowest BCUT2D eigenvalue weighted by atomic mass is 9.98. The molecule has 0 atom stereocenters. The maximum absolute atomic E-state index is 5.46. The van der Waals surface area contributed by atoms with Crippen LogP contribution in [0.1, 0.15) is 0 Å². The summed E-state index contributed by atoms with van der Waals surface area (Å²) in [6.45, 7) is 0. The summed E-state index contributed by atoms with van der Waals surface area (Å²) in [5.41, 5.74) is 4.44. The van der Waals surface area contributed by atoms with Crippen molar-refractivity contribution >= 4 is 12.6 Å². The van der Waals surface area contributed by atoms with E-state index in [4.69, 9.17) is 17.4 Å². The number of hydrogen-bond acceptors (Lipinski definition) is 2. The molecule has 3 aromatic rings. The van der Waals surface area contributed by atoms with Gasteiger partial charge < -0.3 is 4.74 Å². The van der Waals surface area contributed by atoms with Gasteiger partial charge in [-0.15, -0.1) is 12.6 Å². The minimum absolute atomic E-state index is 0.838. The third-order valence-electron chi connectivity index (χ3n) is 3.49. The van der Waals surface area contributed by atoms with E-state index in [1.807, 2.05) is 48.5 Å². The molecule has 104 valence electrons. The molecule has 0 aliphatic carbocycles. The van der Waals surface area contributed by atoms with Gasteiger partial charge in [0.2, 0.25) is 0 Å². The quantitative estimate of drug-likeness (QED) is 0.643. The lowest BCUT2D eigenvalue weighted by molar-refractivity contribution is 0.415. The minimum Gasteiger partial charge on any atom is -0.497 e. The molecule has 0 amide bonds. The smallest absolute Gasteiger partial charge is 0.120 e. The van der Waals surface area contributed by atoms with Gasteiger partial charge >= 0.3 is 0 Å². The average molecular weight is 292 g/mol. The van der Waals surface area contributed by atoms with Crippen LogP contribution >= 0.6 is 12.6 Å². The highest BCUT2D eigenvalue weighted by Gasteiger charge is 2.11. The maximum Gasteiger partial charge on any atom is 0.120 e. The van der Waals surface area contributed by atoms with Crippen LogP contribution in [-0.2, 0) is 0 Å². The summed E-state index contributed by atoms with van der Waals surface area (Å²) < 4.78 is 5.46. The van der Waals surface area contributed by atoms with Gasteiger partial charge in [-0.3, -0.25) is 0 Å². The monoisotopic (exact) mass is 292 g/mol. The molecule has 1 nitrogen and oxygen atoms in total.